The average molecular weight is 440 g/mol. The molecule has 0 radical (unpaired) electrons. The third-order valence-corrected chi connectivity index (χ3v) is 5.91. The summed E-state index contributed by atoms with van der Waals surface area (Å²) < 4.78 is 18.0. The van der Waals surface area contributed by atoms with Gasteiger partial charge in [0.05, 0.1) is 17.6 Å². The Balaban J connectivity index is 1.94. The lowest BCUT2D eigenvalue weighted by Gasteiger charge is -2.08. The number of amides is 2. The van der Waals surface area contributed by atoms with E-state index in [1.807, 2.05) is 32.0 Å². The first-order valence-corrected chi connectivity index (χ1v) is 10.2. The summed E-state index contributed by atoms with van der Waals surface area (Å²) in [5.74, 6) is -2.08. The van der Waals surface area contributed by atoms with Gasteiger partial charge < -0.3 is 15.4 Å². The number of carbonyl (C=O) groups excluding carboxylic acids is 3. The van der Waals surface area contributed by atoms with E-state index in [1.165, 1.54) is 31.4 Å². The molecule has 1 aromatic heterocycles. The topological polar surface area (TPSA) is 84.5 Å². The molecule has 0 fully saturated rings. The van der Waals surface area contributed by atoms with Gasteiger partial charge in [-0.1, -0.05) is 17.7 Å². The summed E-state index contributed by atoms with van der Waals surface area (Å²) >= 11 is 0.973. The van der Waals surface area contributed by atoms with E-state index >= 15 is 0 Å². The van der Waals surface area contributed by atoms with E-state index in [2.05, 4.69) is 10.6 Å². The van der Waals surface area contributed by atoms with Gasteiger partial charge in [-0.05, 0) is 62.2 Å². The first-order valence-electron chi connectivity index (χ1n) is 9.38. The van der Waals surface area contributed by atoms with Crippen LogP contribution in [0, 0.1) is 26.6 Å². The second-order valence-electron chi connectivity index (χ2n) is 6.99. The Hall–Kier alpha value is -3.52. The van der Waals surface area contributed by atoms with Gasteiger partial charge in [0.1, 0.15) is 10.8 Å². The number of ether oxygens (including phenoxy) is 1. The molecule has 0 unspecified atom stereocenters. The van der Waals surface area contributed by atoms with Gasteiger partial charge in [0.25, 0.3) is 11.8 Å². The molecular formula is C23H21FN2O4S. The Kier molecular flexibility index (Phi) is 6.50. The van der Waals surface area contributed by atoms with Gasteiger partial charge in [-0.3, -0.25) is 9.59 Å². The molecule has 2 N–H and O–H groups in total. The zero-order chi connectivity index (χ0) is 22.7. The number of hydrogen-bond donors (Lipinski definition) is 2. The van der Waals surface area contributed by atoms with Crippen molar-refractivity contribution in [2.75, 3.05) is 17.7 Å². The molecule has 0 aliphatic heterocycles. The van der Waals surface area contributed by atoms with Crippen molar-refractivity contribution in [2.24, 2.45) is 0 Å². The predicted molar refractivity (Wildman–Crippen MR) is 119 cm³/mol. The minimum Gasteiger partial charge on any atom is -0.465 e. The first kappa shape index (κ1) is 22.2. The van der Waals surface area contributed by atoms with Crippen LogP contribution in [0.3, 0.4) is 0 Å². The van der Waals surface area contributed by atoms with E-state index in [4.69, 9.17) is 4.74 Å². The number of benzene rings is 2. The van der Waals surface area contributed by atoms with Gasteiger partial charge in [0.2, 0.25) is 0 Å². The Morgan fingerprint density at radius 3 is 2.23 bits per heavy atom. The molecule has 0 saturated heterocycles. The molecule has 3 aromatic rings. The minimum absolute atomic E-state index is 0.105. The van der Waals surface area contributed by atoms with Crippen molar-refractivity contribution in [1.29, 1.82) is 0 Å². The van der Waals surface area contributed by atoms with Crippen LogP contribution in [-0.2, 0) is 4.74 Å². The van der Waals surface area contributed by atoms with Crippen LogP contribution in [0.5, 0.6) is 0 Å². The van der Waals surface area contributed by atoms with Crippen LogP contribution < -0.4 is 10.6 Å². The van der Waals surface area contributed by atoms with Gasteiger partial charge in [0.15, 0.2) is 0 Å². The Bertz CT molecular complexity index is 1170. The maximum atomic E-state index is 13.1. The molecule has 1 heterocycles. The van der Waals surface area contributed by atoms with Crippen LogP contribution in [-0.4, -0.2) is 24.9 Å². The minimum atomic E-state index is -0.672. The van der Waals surface area contributed by atoms with E-state index in [0.717, 1.165) is 22.5 Å². The van der Waals surface area contributed by atoms with Crippen LogP contribution >= 0.6 is 11.3 Å². The molecule has 160 valence electrons. The lowest BCUT2D eigenvalue weighted by atomic mass is 10.1. The maximum Gasteiger partial charge on any atom is 0.341 e. The zero-order valence-corrected chi connectivity index (χ0v) is 18.3. The molecule has 8 heteroatoms. The highest BCUT2D eigenvalue weighted by molar-refractivity contribution is 7.19. The fourth-order valence-electron chi connectivity index (χ4n) is 3.08. The normalized spacial score (nSPS) is 10.5. The van der Waals surface area contributed by atoms with Crippen molar-refractivity contribution < 1.29 is 23.5 Å². The van der Waals surface area contributed by atoms with Gasteiger partial charge in [-0.25, -0.2) is 9.18 Å². The van der Waals surface area contributed by atoms with Gasteiger partial charge >= 0.3 is 5.97 Å². The van der Waals surface area contributed by atoms with Crippen LogP contribution in [0.1, 0.15) is 47.1 Å². The Morgan fingerprint density at radius 2 is 1.61 bits per heavy atom. The SMILES string of the molecule is COC(=O)c1c(NC(=O)c2ccc(F)cc2)sc(C(=O)Nc2ccc(C)cc2C)c1C. The highest BCUT2D eigenvalue weighted by Gasteiger charge is 2.27. The molecule has 0 spiro atoms. The third-order valence-electron chi connectivity index (χ3n) is 4.71. The lowest BCUT2D eigenvalue weighted by molar-refractivity contribution is 0.0601. The lowest BCUT2D eigenvalue weighted by Crippen LogP contribution is -2.14. The molecule has 0 aliphatic rings. The summed E-state index contributed by atoms with van der Waals surface area (Å²) in [5.41, 5.74) is 3.34. The molecule has 0 bridgehead atoms. The number of halogens is 1. The first-order chi connectivity index (χ1) is 14.7. The maximum absolute atomic E-state index is 13.1. The molecule has 2 amide bonds. The van der Waals surface area contributed by atoms with E-state index in [9.17, 15) is 18.8 Å². The summed E-state index contributed by atoms with van der Waals surface area (Å²) in [6, 6.07) is 10.6. The summed E-state index contributed by atoms with van der Waals surface area (Å²) in [7, 11) is 1.22. The van der Waals surface area contributed by atoms with E-state index in [0.29, 0.717) is 11.3 Å². The van der Waals surface area contributed by atoms with Crippen molar-refractivity contribution in [3.8, 4) is 0 Å². The second-order valence-corrected chi connectivity index (χ2v) is 8.01. The smallest absolute Gasteiger partial charge is 0.341 e. The van der Waals surface area contributed by atoms with Crippen molar-refractivity contribution >= 4 is 39.8 Å². The molecule has 6 nitrogen and oxygen atoms in total. The Morgan fingerprint density at radius 1 is 0.935 bits per heavy atom. The van der Waals surface area contributed by atoms with E-state index in [1.54, 1.807) is 6.92 Å². The number of thiophene rings is 1. The summed E-state index contributed by atoms with van der Waals surface area (Å²) in [5, 5.41) is 5.67. The number of esters is 1. The second kappa shape index (κ2) is 9.09. The molecule has 3 rings (SSSR count). The molecule has 0 atom stereocenters. The molecule has 31 heavy (non-hydrogen) atoms. The molecular weight excluding hydrogens is 419 g/mol. The predicted octanol–water partition coefficient (Wildman–Crippen LogP) is 5.10. The summed E-state index contributed by atoms with van der Waals surface area (Å²) in [6.45, 7) is 5.46. The van der Waals surface area contributed by atoms with Crippen molar-refractivity contribution in [1.82, 2.24) is 0 Å². The summed E-state index contributed by atoms with van der Waals surface area (Å²) in [4.78, 5) is 38.1. The van der Waals surface area contributed by atoms with Crippen molar-refractivity contribution in [3.05, 3.63) is 81.0 Å². The van der Waals surface area contributed by atoms with Crippen molar-refractivity contribution in [3.63, 3.8) is 0 Å². The van der Waals surface area contributed by atoms with Crippen LogP contribution in [0.2, 0.25) is 0 Å². The number of carbonyl (C=O) groups is 3. The molecule has 2 aromatic carbocycles. The number of hydrogen-bond acceptors (Lipinski definition) is 5. The highest BCUT2D eigenvalue weighted by atomic mass is 32.1. The highest BCUT2D eigenvalue weighted by Crippen LogP contribution is 2.35. The number of methoxy groups -OCH3 is 1. The van der Waals surface area contributed by atoms with Gasteiger partial charge in [-0.15, -0.1) is 11.3 Å². The number of rotatable bonds is 5. The van der Waals surface area contributed by atoms with Gasteiger partial charge in [0, 0.05) is 11.3 Å². The summed E-state index contributed by atoms with van der Waals surface area (Å²) in [6.07, 6.45) is 0. The largest absolute Gasteiger partial charge is 0.465 e. The van der Waals surface area contributed by atoms with Crippen LogP contribution in [0.15, 0.2) is 42.5 Å². The Labute approximate surface area is 183 Å². The fraction of sp³-hybridized carbons (Fsp3) is 0.174. The average Bonchev–Trinajstić information content (AvgIpc) is 3.05. The number of anilines is 2. The fourth-order valence-corrected chi connectivity index (χ4v) is 4.16. The van der Waals surface area contributed by atoms with E-state index in [-0.39, 0.29) is 21.0 Å². The van der Waals surface area contributed by atoms with Crippen LogP contribution in [0.4, 0.5) is 15.1 Å². The van der Waals surface area contributed by atoms with Crippen LogP contribution in [0.25, 0.3) is 0 Å². The molecule has 0 saturated carbocycles. The zero-order valence-electron chi connectivity index (χ0n) is 17.5. The number of aryl methyl sites for hydroxylation is 2. The van der Waals surface area contributed by atoms with Crippen molar-refractivity contribution in [2.45, 2.75) is 20.8 Å². The number of nitrogens with one attached hydrogen (secondary N) is 2. The standard InChI is InChI=1S/C23H21FN2O4S/c1-12-5-10-17(13(2)11-12)25-21(28)19-14(3)18(23(29)30-4)22(31-19)26-20(27)15-6-8-16(24)9-7-15/h5-11H,1-4H3,(H,25,28)(H,26,27). The quantitative estimate of drug-likeness (QED) is 0.541. The monoisotopic (exact) mass is 440 g/mol. The van der Waals surface area contributed by atoms with Gasteiger partial charge in [-0.2, -0.15) is 0 Å². The van der Waals surface area contributed by atoms with E-state index < -0.39 is 23.6 Å². The third kappa shape index (κ3) is 4.80. The molecule has 0 aliphatic carbocycles.